The summed E-state index contributed by atoms with van der Waals surface area (Å²) in [6.45, 7) is 1.38. The summed E-state index contributed by atoms with van der Waals surface area (Å²) in [5.74, 6) is 1.15. The highest BCUT2D eigenvalue weighted by Gasteiger charge is 2.25. The third-order valence-electron chi connectivity index (χ3n) is 4.95. The largest absolute Gasteiger partial charge is 0.493 e. The first-order valence-electron chi connectivity index (χ1n) is 8.89. The van der Waals surface area contributed by atoms with Crippen LogP contribution in [0.5, 0.6) is 11.5 Å². The van der Waals surface area contributed by atoms with Crippen LogP contribution in [0.4, 0.5) is 0 Å². The van der Waals surface area contributed by atoms with E-state index < -0.39 is 10.2 Å². The molecular weight excluding hydrogens is 384 g/mol. The van der Waals surface area contributed by atoms with Gasteiger partial charge >= 0.3 is 0 Å². The summed E-state index contributed by atoms with van der Waals surface area (Å²) in [4.78, 5) is 19.2. The van der Waals surface area contributed by atoms with Crippen molar-refractivity contribution < 1.29 is 22.7 Å². The number of piperidine rings is 1. The van der Waals surface area contributed by atoms with Gasteiger partial charge in [0.15, 0.2) is 11.5 Å². The maximum atomic E-state index is 13.1. The molecule has 2 heterocycles. The van der Waals surface area contributed by atoms with Crippen molar-refractivity contribution in [1.29, 1.82) is 0 Å². The van der Waals surface area contributed by atoms with E-state index in [1.54, 1.807) is 43.5 Å². The molecule has 9 nitrogen and oxygen atoms in total. The summed E-state index contributed by atoms with van der Waals surface area (Å²) in [6, 6.07) is 5.21. The quantitative estimate of drug-likeness (QED) is 0.732. The number of likely N-dealkylation sites (tertiary alicyclic amines) is 1. The van der Waals surface area contributed by atoms with E-state index in [0.717, 1.165) is 0 Å². The number of benzene rings is 1. The van der Waals surface area contributed by atoms with Gasteiger partial charge in [0.05, 0.1) is 25.3 Å². The molecule has 0 saturated carbocycles. The average Bonchev–Trinajstić information content (AvgIpc) is 2.70. The number of fused-ring (bicyclic) bond motifs is 1. The van der Waals surface area contributed by atoms with Crippen molar-refractivity contribution in [2.24, 2.45) is 11.1 Å². The van der Waals surface area contributed by atoms with Crippen LogP contribution in [0.15, 0.2) is 24.4 Å². The monoisotopic (exact) mass is 408 g/mol. The van der Waals surface area contributed by atoms with Crippen molar-refractivity contribution in [1.82, 2.24) is 14.6 Å². The Balaban J connectivity index is 1.77. The van der Waals surface area contributed by atoms with Gasteiger partial charge in [-0.2, -0.15) is 8.42 Å². The van der Waals surface area contributed by atoms with Crippen LogP contribution in [0, 0.1) is 5.92 Å². The smallest absolute Gasteiger partial charge is 0.274 e. The Morgan fingerprint density at radius 2 is 1.89 bits per heavy atom. The van der Waals surface area contributed by atoms with E-state index in [4.69, 9.17) is 14.6 Å². The summed E-state index contributed by atoms with van der Waals surface area (Å²) < 4.78 is 35.0. The molecule has 28 heavy (non-hydrogen) atoms. The van der Waals surface area contributed by atoms with Crippen LogP contribution in [-0.4, -0.2) is 58.1 Å². The lowest BCUT2D eigenvalue weighted by Crippen LogP contribution is -2.42. The number of carbonyl (C=O) groups is 1. The number of carbonyl (C=O) groups excluding carboxylic acids is 1. The number of amides is 1. The SMILES string of the molecule is COc1cc2nccc(C(=O)N3CCC(CNS(N)(=O)=O)CC3)c2cc1OC. The van der Waals surface area contributed by atoms with Crippen LogP contribution in [-0.2, 0) is 10.2 Å². The van der Waals surface area contributed by atoms with Gasteiger partial charge in [-0.1, -0.05) is 0 Å². The lowest BCUT2D eigenvalue weighted by Gasteiger charge is -2.32. The molecule has 1 aromatic carbocycles. The summed E-state index contributed by atoms with van der Waals surface area (Å²) in [7, 11) is -0.600. The van der Waals surface area contributed by atoms with Gasteiger partial charge in [-0.3, -0.25) is 9.78 Å². The first-order chi connectivity index (χ1) is 13.3. The van der Waals surface area contributed by atoms with Crippen molar-refractivity contribution in [2.45, 2.75) is 12.8 Å². The van der Waals surface area contributed by atoms with Crippen molar-refractivity contribution in [3.63, 3.8) is 0 Å². The Morgan fingerprint density at radius 3 is 2.50 bits per heavy atom. The van der Waals surface area contributed by atoms with Gasteiger partial charge < -0.3 is 14.4 Å². The van der Waals surface area contributed by atoms with E-state index in [1.165, 1.54) is 0 Å². The number of aromatic nitrogens is 1. The molecule has 0 spiro atoms. The van der Waals surface area contributed by atoms with Crippen LogP contribution < -0.4 is 19.3 Å². The highest BCUT2D eigenvalue weighted by Crippen LogP contribution is 2.33. The minimum atomic E-state index is -3.69. The number of pyridine rings is 1. The Bertz CT molecular complexity index is 971. The number of hydrogen-bond acceptors (Lipinski definition) is 6. The Morgan fingerprint density at radius 1 is 1.25 bits per heavy atom. The summed E-state index contributed by atoms with van der Waals surface area (Å²) >= 11 is 0. The number of nitrogens with two attached hydrogens (primary N) is 1. The van der Waals surface area contributed by atoms with Crippen LogP contribution in [0.3, 0.4) is 0 Å². The lowest BCUT2D eigenvalue weighted by atomic mass is 9.96. The molecule has 0 atom stereocenters. The number of nitrogens with one attached hydrogen (secondary N) is 1. The molecule has 2 aromatic rings. The summed E-state index contributed by atoms with van der Waals surface area (Å²) in [5, 5.41) is 5.67. The fraction of sp³-hybridized carbons (Fsp3) is 0.444. The first-order valence-corrected chi connectivity index (χ1v) is 10.4. The number of nitrogens with zero attached hydrogens (tertiary/aromatic N) is 2. The van der Waals surface area contributed by atoms with E-state index in [2.05, 4.69) is 9.71 Å². The highest BCUT2D eigenvalue weighted by atomic mass is 32.2. The van der Waals surface area contributed by atoms with Crippen molar-refractivity contribution >= 4 is 27.0 Å². The maximum Gasteiger partial charge on any atom is 0.274 e. The van der Waals surface area contributed by atoms with Crippen LogP contribution in [0.2, 0.25) is 0 Å². The second-order valence-corrected chi connectivity index (χ2v) is 8.09. The average molecular weight is 408 g/mol. The molecule has 1 aromatic heterocycles. The second kappa shape index (κ2) is 8.29. The van der Waals surface area contributed by atoms with E-state index in [9.17, 15) is 13.2 Å². The van der Waals surface area contributed by atoms with Gasteiger partial charge in [0.2, 0.25) is 0 Å². The normalized spacial score (nSPS) is 15.6. The minimum absolute atomic E-state index is 0.0857. The van der Waals surface area contributed by atoms with E-state index in [1.807, 2.05) is 0 Å². The van der Waals surface area contributed by atoms with Gasteiger partial charge in [0.25, 0.3) is 16.1 Å². The molecule has 1 fully saturated rings. The van der Waals surface area contributed by atoms with Crippen molar-refractivity contribution in [2.75, 3.05) is 33.9 Å². The van der Waals surface area contributed by atoms with Crippen molar-refractivity contribution in [3.8, 4) is 11.5 Å². The topological polar surface area (TPSA) is 124 Å². The molecule has 152 valence electrons. The van der Waals surface area contributed by atoms with E-state index in [-0.39, 0.29) is 18.4 Å². The van der Waals surface area contributed by atoms with Crippen molar-refractivity contribution in [3.05, 3.63) is 30.0 Å². The summed E-state index contributed by atoms with van der Waals surface area (Å²) in [5.41, 5.74) is 1.20. The van der Waals surface area contributed by atoms with Crippen LogP contribution in [0.1, 0.15) is 23.2 Å². The number of hydrogen-bond donors (Lipinski definition) is 2. The predicted molar refractivity (Wildman–Crippen MR) is 105 cm³/mol. The third-order valence-corrected chi connectivity index (χ3v) is 5.52. The molecule has 1 amide bonds. The van der Waals surface area contributed by atoms with Crippen LogP contribution >= 0.6 is 0 Å². The predicted octanol–water partition coefficient (Wildman–Crippen LogP) is 0.897. The number of methoxy groups -OCH3 is 2. The Kier molecular flexibility index (Phi) is 6.01. The van der Waals surface area contributed by atoms with Gasteiger partial charge in [-0.05, 0) is 30.9 Å². The molecule has 1 aliphatic rings. The fourth-order valence-electron chi connectivity index (χ4n) is 3.40. The molecule has 3 N–H and O–H groups in total. The molecule has 3 rings (SSSR count). The second-order valence-electron chi connectivity index (χ2n) is 6.71. The fourth-order valence-corrected chi connectivity index (χ4v) is 3.87. The molecule has 10 heteroatoms. The zero-order valence-corrected chi connectivity index (χ0v) is 16.7. The molecular formula is C18H24N4O5S. The molecule has 1 aliphatic heterocycles. The highest BCUT2D eigenvalue weighted by molar-refractivity contribution is 7.87. The minimum Gasteiger partial charge on any atom is -0.493 e. The van der Waals surface area contributed by atoms with Gasteiger partial charge in [0, 0.05) is 37.3 Å². The standard InChI is InChI=1S/C18H24N4O5S/c1-26-16-9-14-13(3-6-20-15(14)10-17(16)27-2)18(23)22-7-4-12(5-8-22)11-21-28(19,24)25/h3,6,9-10,12,21H,4-5,7-8,11H2,1-2H3,(H2,19,24,25). The van der Waals surface area contributed by atoms with Gasteiger partial charge in [-0.25, -0.2) is 9.86 Å². The van der Waals surface area contributed by atoms with E-state index >= 15 is 0 Å². The zero-order chi connectivity index (χ0) is 20.3. The maximum absolute atomic E-state index is 13.1. The van der Waals surface area contributed by atoms with Crippen LogP contribution in [0.25, 0.3) is 10.9 Å². The molecule has 0 radical (unpaired) electrons. The lowest BCUT2D eigenvalue weighted by molar-refractivity contribution is 0.0694. The number of ether oxygens (including phenoxy) is 2. The Labute approximate surface area is 164 Å². The van der Waals surface area contributed by atoms with Gasteiger partial charge in [-0.15, -0.1) is 0 Å². The summed E-state index contributed by atoms with van der Waals surface area (Å²) in [6.07, 6.45) is 3.01. The van der Waals surface area contributed by atoms with Gasteiger partial charge in [0.1, 0.15) is 0 Å². The number of rotatable bonds is 6. The third kappa shape index (κ3) is 4.51. The first kappa shape index (κ1) is 20.3. The molecule has 0 unspecified atom stereocenters. The zero-order valence-electron chi connectivity index (χ0n) is 15.8. The molecule has 0 aliphatic carbocycles. The Hall–Kier alpha value is -2.43. The molecule has 0 bridgehead atoms. The molecule has 1 saturated heterocycles. The van der Waals surface area contributed by atoms with E-state index in [0.29, 0.717) is 53.9 Å².